The Kier molecular flexibility index (Phi) is 3.43. The molecule has 3 aromatic rings. The molecule has 0 spiro atoms. The number of hydrogen-bond acceptors (Lipinski definition) is 1. The Morgan fingerprint density at radius 3 is 2.33 bits per heavy atom. The highest BCUT2D eigenvalue weighted by Gasteiger charge is 2.18. The van der Waals surface area contributed by atoms with Gasteiger partial charge in [-0.2, -0.15) is 0 Å². The number of carbonyl (C=O) groups is 1. The molecule has 106 valence electrons. The van der Waals surface area contributed by atoms with Gasteiger partial charge >= 0.3 is 0 Å². The Morgan fingerprint density at radius 2 is 1.67 bits per heavy atom. The van der Waals surface area contributed by atoms with Crippen LogP contribution in [0.4, 0.5) is 8.78 Å². The van der Waals surface area contributed by atoms with Crippen LogP contribution in [0.5, 0.6) is 0 Å². The van der Waals surface area contributed by atoms with Crippen LogP contribution in [0.1, 0.15) is 15.9 Å². The summed E-state index contributed by atoms with van der Waals surface area (Å²) in [6.45, 7) is 0. The van der Waals surface area contributed by atoms with E-state index < -0.39 is 17.4 Å². The van der Waals surface area contributed by atoms with Gasteiger partial charge in [-0.15, -0.1) is 0 Å². The van der Waals surface area contributed by atoms with Crippen LogP contribution >= 0.6 is 23.2 Å². The zero-order chi connectivity index (χ0) is 15.1. The molecular weight excluding hydrogens is 319 g/mol. The van der Waals surface area contributed by atoms with Gasteiger partial charge in [-0.05, 0) is 24.3 Å². The number of ketones is 1. The summed E-state index contributed by atoms with van der Waals surface area (Å²) in [6.07, 6.45) is 1.44. The van der Waals surface area contributed by atoms with Gasteiger partial charge in [-0.3, -0.25) is 4.79 Å². The largest absolute Gasteiger partial charge is 0.360 e. The molecule has 0 aliphatic carbocycles. The third-order valence-electron chi connectivity index (χ3n) is 3.07. The van der Waals surface area contributed by atoms with E-state index >= 15 is 0 Å². The number of nitrogens with one attached hydrogen (secondary N) is 1. The minimum absolute atomic E-state index is 0.0839. The number of aromatic nitrogens is 1. The molecule has 0 amide bonds. The maximum atomic E-state index is 13.2. The van der Waals surface area contributed by atoms with Crippen LogP contribution in [0, 0.1) is 11.6 Å². The predicted octanol–water partition coefficient (Wildman–Crippen LogP) is 4.98. The molecule has 0 radical (unpaired) electrons. The first-order valence-electron chi connectivity index (χ1n) is 5.92. The summed E-state index contributed by atoms with van der Waals surface area (Å²) in [5.74, 6) is -2.15. The lowest BCUT2D eigenvalue weighted by Crippen LogP contribution is -2.02. The van der Waals surface area contributed by atoms with E-state index in [4.69, 9.17) is 23.2 Å². The SMILES string of the molecule is O=C(c1cc(F)cc(F)c1)c1c[nH]c2cc(Cl)cc(Cl)c12. The zero-order valence-electron chi connectivity index (χ0n) is 10.4. The van der Waals surface area contributed by atoms with Crippen molar-refractivity contribution in [1.82, 2.24) is 4.98 Å². The molecule has 3 rings (SSSR count). The van der Waals surface area contributed by atoms with Gasteiger partial charge in [0.15, 0.2) is 5.78 Å². The van der Waals surface area contributed by atoms with Crippen LogP contribution in [-0.4, -0.2) is 10.8 Å². The van der Waals surface area contributed by atoms with Crippen molar-refractivity contribution >= 4 is 39.9 Å². The number of fused-ring (bicyclic) bond motifs is 1. The Hall–Kier alpha value is -1.91. The number of benzene rings is 2. The zero-order valence-corrected chi connectivity index (χ0v) is 11.9. The van der Waals surface area contributed by atoms with Gasteiger partial charge < -0.3 is 4.98 Å². The van der Waals surface area contributed by atoms with E-state index in [-0.39, 0.29) is 11.1 Å². The fourth-order valence-electron chi connectivity index (χ4n) is 2.20. The summed E-state index contributed by atoms with van der Waals surface area (Å²) in [7, 11) is 0. The second-order valence-corrected chi connectivity index (χ2v) is 5.34. The van der Waals surface area contributed by atoms with Crippen molar-refractivity contribution < 1.29 is 13.6 Å². The summed E-state index contributed by atoms with van der Waals surface area (Å²) in [5.41, 5.74) is 0.726. The van der Waals surface area contributed by atoms with E-state index in [1.165, 1.54) is 12.3 Å². The molecule has 0 aliphatic heterocycles. The molecule has 0 bridgehead atoms. The fourth-order valence-corrected chi connectivity index (χ4v) is 2.80. The first-order valence-corrected chi connectivity index (χ1v) is 6.68. The van der Waals surface area contributed by atoms with Gasteiger partial charge in [0.1, 0.15) is 11.6 Å². The van der Waals surface area contributed by atoms with Gasteiger partial charge in [0.2, 0.25) is 0 Å². The van der Waals surface area contributed by atoms with Crippen molar-refractivity contribution in [1.29, 1.82) is 0 Å². The van der Waals surface area contributed by atoms with Gasteiger partial charge in [0.25, 0.3) is 0 Å². The minimum atomic E-state index is -0.813. The van der Waals surface area contributed by atoms with Gasteiger partial charge in [-0.1, -0.05) is 23.2 Å². The molecule has 0 aliphatic rings. The van der Waals surface area contributed by atoms with Crippen LogP contribution in [0.3, 0.4) is 0 Å². The maximum absolute atomic E-state index is 13.2. The molecule has 0 fully saturated rings. The lowest BCUT2D eigenvalue weighted by atomic mass is 10.0. The van der Waals surface area contributed by atoms with Crippen molar-refractivity contribution in [3.63, 3.8) is 0 Å². The average Bonchev–Trinajstić information content (AvgIpc) is 2.80. The molecular formula is C15H7Cl2F2NO. The van der Waals surface area contributed by atoms with E-state index in [0.29, 0.717) is 27.0 Å². The van der Waals surface area contributed by atoms with Crippen LogP contribution in [0.25, 0.3) is 10.9 Å². The smallest absolute Gasteiger partial charge is 0.195 e. The van der Waals surface area contributed by atoms with Gasteiger partial charge in [-0.25, -0.2) is 8.78 Å². The molecule has 0 unspecified atom stereocenters. The van der Waals surface area contributed by atoms with Crippen molar-refractivity contribution in [3.05, 3.63) is 69.3 Å². The van der Waals surface area contributed by atoms with Crippen LogP contribution in [-0.2, 0) is 0 Å². The first kappa shape index (κ1) is 14.0. The average molecular weight is 326 g/mol. The monoisotopic (exact) mass is 325 g/mol. The molecule has 2 aromatic carbocycles. The number of H-pyrrole nitrogens is 1. The van der Waals surface area contributed by atoms with E-state index in [0.717, 1.165) is 12.1 Å². The molecule has 1 N–H and O–H groups in total. The van der Waals surface area contributed by atoms with E-state index in [2.05, 4.69) is 4.98 Å². The van der Waals surface area contributed by atoms with Crippen LogP contribution in [0.15, 0.2) is 36.5 Å². The quantitative estimate of drug-likeness (QED) is 0.662. The van der Waals surface area contributed by atoms with Crippen molar-refractivity contribution in [2.24, 2.45) is 0 Å². The second-order valence-electron chi connectivity index (χ2n) is 4.50. The lowest BCUT2D eigenvalue weighted by molar-refractivity contribution is 0.103. The molecule has 21 heavy (non-hydrogen) atoms. The highest BCUT2D eigenvalue weighted by molar-refractivity contribution is 6.40. The predicted molar refractivity (Wildman–Crippen MR) is 78.1 cm³/mol. The summed E-state index contributed by atoms with van der Waals surface area (Å²) in [5, 5.41) is 1.18. The van der Waals surface area contributed by atoms with Crippen molar-refractivity contribution in [2.75, 3.05) is 0 Å². The Bertz CT molecular complexity index is 853. The van der Waals surface area contributed by atoms with E-state index in [1.54, 1.807) is 6.07 Å². The first-order chi connectivity index (χ1) is 9.95. The number of aromatic amines is 1. The molecule has 1 heterocycles. The summed E-state index contributed by atoms with van der Waals surface area (Å²) >= 11 is 12.0. The van der Waals surface area contributed by atoms with Crippen LogP contribution in [0.2, 0.25) is 10.0 Å². The summed E-state index contributed by atoms with van der Waals surface area (Å²) in [4.78, 5) is 15.3. The Morgan fingerprint density at radius 1 is 1.00 bits per heavy atom. The van der Waals surface area contributed by atoms with Gasteiger partial charge in [0, 0.05) is 39.3 Å². The van der Waals surface area contributed by atoms with Crippen LogP contribution < -0.4 is 0 Å². The van der Waals surface area contributed by atoms with E-state index in [1.807, 2.05) is 0 Å². The molecule has 0 atom stereocenters. The summed E-state index contributed by atoms with van der Waals surface area (Å²) < 4.78 is 26.5. The number of carbonyl (C=O) groups excluding carboxylic acids is 1. The molecule has 2 nitrogen and oxygen atoms in total. The maximum Gasteiger partial charge on any atom is 0.195 e. The molecule has 0 saturated carbocycles. The third kappa shape index (κ3) is 2.52. The highest BCUT2D eigenvalue weighted by Crippen LogP contribution is 2.31. The van der Waals surface area contributed by atoms with Crippen molar-refractivity contribution in [3.8, 4) is 0 Å². The van der Waals surface area contributed by atoms with Gasteiger partial charge in [0.05, 0.1) is 5.02 Å². The fraction of sp³-hybridized carbons (Fsp3) is 0. The number of halogens is 4. The number of rotatable bonds is 2. The Balaban J connectivity index is 2.18. The van der Waals surface area contributed by atoms with E-state index in [9.17, 15) is 13.6 Å². The molecule has 1 aromatic heterocycles. The number of hydrogen-bond donors (Lipinski definition) is 1. The molecule has 0 saturated heterocycles. The topological polar surface area (TPSA) is 32.9 Å². The highest BCUT2D eigenvalue weighted by atomic mass is 35.5. The second kappa shape index (κ2) is 5.13. The van der Waals surface area contributed by atoms with Crippen molar-refractivity contribution in [2.45, 2.75) is 0 Å². The third-order valence-corrected chi connectivity index (χ3v) is 3.58. The molecule has 6 heteroatoms. The summed E-state index contributed by atoms with van der Waals surface area (Å²) in [6, 6.07) is 5.79. The normalized spacial score (nSPS) is 11.0. The standard InChI is InChI=1S/C15H7Cl2F2NO/c16-8-3-12(17)14-11(6-20-13(14)4-8)15(21)7-1-9(18)5-10(19)2-7/h1-6,20H. The Labute approximate surface area is 128 Å². The lowest BCUT2D eigenvalue weighted by Gasteiger charge is -2.03. The minimum Gasteiger partial charge on any atom is -0.360 e.